The molecule has 0 amide bonds. The molecule has 0 bridgehead atoms. The van der Waals surface area contributed by atoms with E-state index < -0.39 is 0 Å². The third-order valence-electron chi connectivity index (χ3n) is 2.38. The molecule has 18 heavy (non-hydrogen) atoms. The highest BCUT2D eigenvalue weighted by Gasteiger charge is 2.28. The number of phenols is 1. The molecule has 1 aromatic carbocycles. The van der Waals surface area contributed by atoms with E-state index in [-0.39, 0.29) is 11.3 Å². The molecule has 0 fully saturated rings. The highest BCUT2D eigenvalue weighted by molar-refractivity contribution is 8.24. The van der Waals surface area contributed by atoms with Gasteiger partial charge in [0.1, 0.15) is 29.2 Å². The number of thioether (sulfide) groups is 2. The van der Waals surface area contributed by atoms with Crippen molar-refractivity contribution in [1.82, 2.24) is 0 Å². The number of hydrogen-bond donors (Lipinski definition) is 1. The van der Waals surface area contributed by atoms with Crippen LogP contribution in [0.2, 0.25) is 0 Å². The zero-order valence-corrected chi connectivity index (χ0v) is 11.3. The summed E-state index contributed by atoms with van der Waals surface area (Å²) in [5, 5.41) is 27.6. The van der Waals surface area contributed by atoms with Gasteiger partial charge in [0.05, 0.1) is 21.1 Å². The van der Waals surface area contributed by atoms with Gasteiger partial charge in [-0.3, -0.25) is 0 Å². The summed E-state index contributed by atoms with van der Waals surface area (Å²) >= 11 is 2.51. The summed E-state index contributed by atoms with van der Waals surface area (Å²) in [6, 6.07) is 5.33. The van der Waals surface area contributed by atoms with E-state index in [0.717, 1.165) is 10.5 Å². The first kappa shape index (κ1) is 12.7. The highest BCUT2D eigenvalue weighted by atomic mass is 32.2. The van der Waals surface area contributed by atoms with Gasteiger partial charge in [-0.2, -0.15) is 10.5 Å². The number of nitriles is 2. The first-order valence-corrected chi connectivity index (χ1v) is 6.56. The van der Waals surface area contributed by atoms with E-state index in [2.05, 4.69) is 0 Å². The summed E-state index contributed by atoms with van der Waals surface area (Å²) in [5.74, 6) is 0.816. The summed E-state index contributed by atoms with van der Waals surface area (Å²) in [7, 11) is 1.56. The van der Waals surface area contributed by atoms with Gasteiger partial charge in [-0.15, -0.1) is 0 Å². The Morgan fingerprint density at radius 2 is 1.89 bits per heavy atom. The SMILES string of the molecule is COc1c(C)cc(O)c2c1SC(=C(C#N)C#N)S2. The minimum absolute atomic E-state index is 0.0558. The van der Waals surface area contributed by atoms with E-state index in [9.17, 15) is 5.11 Å². The van der Waals surface area contributed by atoms with Crippen molar-refractivity contribution in [3.63, 3.8) is 0 Å². The lowest BCUT2D eigenvalue weighted by Crippen LogP contribution is -1.90. The number of fused-ring (bicyclic) bond motifs is 1. The van der Waals surface area contributed by atoms with Gasteiger partial charge in [0.2, 0.25) is 0 Å². The van der Waals surface area contributed by atoms with E-state index in [1.54, 1.807) is 13.2 Å². The molecule has 0 unspecified atom stereocenters. The number of methoxy groups -OCH3 is 1. The first-order valence-electron chi connectivity index (χ1n) is 4.93. The summed E-state index contributed by atoms with van der Waals surface area (Å²) in [4.78, 5) is 1.40. The lowest BCUT2D eigenvalue weighted by atomic mass is 10.2. The lowest BCUT2D eigenvalue weighted by molar-refractivity contribution is 0.393. The Hall–Kier alpha value is -1.76. The topological polar surface area (TPSA) is 77.0 Å². The molecule has 1 aliphatic rings. The molecule has 0 aromatic heterocycles. The van der Waals surface area contributed by atoms with Crippen molar-refractivity contribution in [2.75, 3.05) is 7.11 Å². The molecule has 6 heteroatoms. The number of hydrogen-bond acceptors (Lipinski definition) is 6. The van der Waals surface area contributed by atoms with Gasteiger partial charge in [0.25, 0.3) is 0 Å². The summed E-state index contributed by atoms with van der Waals surface area (Å²) in [5.41, 5.74) is 0.874. The zero-order chi connectivity index (χ0) is 13.3. The predicted molar refractivity (Wildman–Crippen MR) is 69.4 cm³/mol. The summed E-state index contributed by atoms with van der Waals surface area (Å²) in [6.45, 7) is 1.83. The second-order valence-electron chi connectivity index (χ2n) is 3.49. The lowest BCUT2D eigenvalue weighted by Gasteiger charge is -2.09. The minimum atomic E-state index is 0.0558. The van der Waals surface area contributed by atoms with E-state index in [0.29, 0.717) is 14.9 Å². The van der Waals surface area contributed by atoms with Gasteiger partial charge in [0.15, 0.2) is 0 Å². The molecule has 1 heterocycles. The molecule has 1 N–H and O–H groups in total. The van der Waals surface area contributed by atoms with Crippen LogP contribution in [0, 0.1) is 29.6 Å². The molecule has 0 aliphatic carbocycles. The number of benzene rings is 1. The van der Waals surface area contributed by atoms with Crippen molar-refractivity contribution >= 4 is 23.5 Å². The largest absolute Gasteiger partial charge is 0.507 e. The Balaban J connectivity index is 2.61. The first-order chi connectivity index (χ1) is 8.62. The number of phenolic OH excluding ortho intramolecular Hbond substituents is 1. The third kappa shape index (κ3) is 1.90. The van der Waals surface area contributed by atoms with Crippen LogP contribution >= 0.6 is 23.5 Å². The van der Waals surface area contributed by atoms with Gasteiger partial charge in [0, 0.05) is 0 Å². The molecular formula is C12H8N2O2S2. The standard InChI is InChI=1S/C12H8N2O2S2/c1-6-3-8(15)10-11(9(6)16-2)18-12(17-10)7(4-13)5-14/h3,15H,1-2H3. The Labute approximate surface area is 113 Å². The molecule has 1 aliphatic heterocycles. The molecule has 0 saturated heterocycles. The molecular weight excluding hydrogens is 268 g/mol. The monoisotopic (exact) mass is 276 g/mol. The number of rotatable bonds is 1. The van der Waals surface area contributed by atoms with Crippen LogP contribution in [0.15, 0.2) is 25.7 Å². The van der Waals surface area contributed by atoms with Gasteiger partial charge in [-0.25, -0.2) is 0 Å². The molecule has 90 valence electrons. The number of nitrogens with zero attached hydrogens (tertiary/aromatic N) is 2. The fraction of sp³-hybridized carbons (Fsp3) is 0.167. The van der Waals surface area contributed by atoms with Gasteiger partial charge < -0.3 is 9.84 Å². The van der Waals surface area contributed by atoms with Crippen LogP contribution in [0.4, 0.5) is 0 Å². The van der Waals surface area contributed by atoms with Gasteiger partial charge >= 0.3 is 0 Å². The maximum atomic E-state index is 9.90. The molecule has 0 spiro atoms. The van der Waals surface area contributed by atoms with Crippen molar-refractivity contribution in [2.24, 2.45) is 0 Å². The highest BCUT2D eigenvalue weighted by Crippen LogP contribution is 2.59. The van der Waals surface area contributed by atoms with Crippen molar-refractivity contribution in [3.05, 3.63) is 21.4 Å². The van der Waals surface area contributed by atoms with Crippen LogP contribution in [0.25, 0.3) is 0 Å². The third-order valence-corrected chi connectivity index (χ3v) is 5.00. The van der Waals surface area contributed by atoms with Crippen molar-refractivity contribution in [3.8, 4) is 23.6 Å². The zero-order valence-electron chi connectivity index (χ0n) is 9.64. The molecule has 4 nitrogen and oxygen atoms in total. The van der Waals surface area contributed by atoms with Crippen molar-refractivity contribution in [1.29, 1.82) is 10.5 Å². The van der Waals surface area contributed by atoms with Crippen molar-refractivity contribution in [2.45, 2.75) is 16.7 Å². The second-order valence-corrected chi connectivity index (χ2v) is 5.79. The van der Waals surface area contributed by atoms with Crippen LogP contribution in [0.5, 0.6) is 11.5 Å². The number of allylic oxidation sites excluding steroid dienone is 1. The quantitative estimate of drug-likeness (QED) is 0.794. The number of aryl methyl sites for hydroxylation is 1. The smallest absolute Gasteiger partial charge is 0.150 e. The minimum Gasteiger partial charge on any atom is -0.507 e. The van der Waals surface area contributed by atoms with E-state index in [1.165, 1.54) is 23.5 Å². The predicted octanol–water partition coefficient (Wildman–Crippen LogP) is 3.17. The number of ether oxygens (including phenoxy) is 1. The van der Waals surface area contributed by atoms with E-state index in [1.807, 2.05) is 19.1 Å². The fourth-order valence-corrected chi connectivity index (χ4v) is 4.16. The maximum absolute atomic E-state index is 9.90. The van der Waals surface area contributed by atoms with Crippen LogP contribution in [0.1, 0.15) is 5.56 Å². The molecule has 0 atom stereocenters. The van der Waals surface area contributed by atoms with Gasteiger partial charge in [-0.1, -0.05) is 23.5 Å². The molecule has 2 rings (SSSR count). The van der Waals surface area contributed by atoms with E-state index in [4.69, 9.17) is 15.3 Å². The number of aromatic hydroxyl groups is 1. The normalized spacial score (nSPS) is 12.6. The summed E-state index contributed by atoms with van der Waals surface area (Å²) in [6.07, 6.45) is 0. The average Bonchev–Trinajstić information content (AvgIpc) is 2.76. The Morgan fingerprint density at radius 1 is 1.28 bits per heavy atom. The average molecular weight is 276 g/mol. The van der Waals surface area contributed by atoms with Crippen molar-refractivity contribution < 1.29 is 9.84 Å². The second kappa shape index (κ2) is 4.85. The Bertz CT molecular complexity index is 623. The van der Waals surface area contributed by atoms with Crippen LogP contribution < -0.4 is 4.74 Å². The maximum Gasteiger partial charge on any atom is 0.150 e. The molecule has 1 aromatic rings. The fourth-order valence-electron chi connectivity index (χ4n) is 1.60. The van der Waals surface area contributed by atoms with Gasteiger partial charge in [-0.05, 0) is 18.6 Å². The Morgan fingerprint density at radius 3 is 2.44 bits per heavy atom. The molecule has 0 radical (unpaired) electrons. The van der Waals surface area contributed by atoms with Crippen LogP contribution in [0.3, 0.4) is 0 Å². The summed E-state index contributed by atoms with van der Waals surface area (Å²) < 4.78 is 5.88. The van der Waals surface area contributed by atoms with Crippen LogP contribution in [-0.2, 0) is 0 Å². The van der Waals surface area contributed by atoms with E-state index >= 15 is 0 Å². The molecule has 0 saturated carbocycles. The van der Waals surface area contributed by atoms with Crippen LogP contribution in [-0.4, -0.2) is 12.2 Å². The Kier molecular flexibility index (Phi) is 3.42.